The minimum Gasteiger partial charge on any atom is -0.399 e. The van der Waals surface area contributed by atoms with Crippen LogP contribution < -0.4 is 5.73 Å². The smallest absolute Gasteiger partial charge is 0.0636 e. The van der Waals surface area contributed by atoms with Gasteiger partial charge in [-0.05, 0) is 66.5 Å². The van der Waals surface area contributed by atoms with E-state index in [0.717, 1.165) is 31.1 Å². The second kappa shape index (κ2) is 5.31. The Hall–Kier alpha value is -1.02. The largest absolute Gasteiger partial charge is 0.399 e. The van der Waals surface area contributed by atoms with Gasteiger partial charge in [0.1, 0.15) is 0 Å². The number of fused-ring (bicyclic) bond motifs is 2. The highest BCUT2D eigenvalue weighted by atomic mass is 16.5. The number of hydrogen-bond donors (Lipinski definition) is 1. The number of ether oxygens (including phenoxy) is 1. The Labute approximate surface area is 129 Å². The molecule has 2 heteroatoms. The Bertz CT molecular complexity index is 493. The SMILES string of the molecule is CC1(C)C2CCC1(C)C(OCCCc1ccc(N)cc1)C2. The number of benzene rings is 1. The molecule has 2 N–H and O–H groups in total. The highest BCUT2D eigenvalue weighted by Gasteiger charge is 2.61. The Morgan fingerprint density at radius 2 is 1.90 bits per heavy atom. The Morgan fingerprint density at radius 1 is 1.19 bits per heavy atom. The molecule has 2 aliphatic carbocycles. The average Bonchev–Trinajstić information content (AvgIpc) is 2.78. The highest BCUT2D eigenvalue weighted by Crippen LogP contribution is 2.66. The highest BCUT2D eigenvalue weighted by molar-refractivity contribution is 5.39. The standard InChI is InChI=1S/C19H29NO/c1-18(2)15-10-11-19(18,3)17(13-15)21-12-4-5-14-6-8-16(20)9-7-14/h6-9,15,17H,4-5,10-13,20H2,1-3H3. The number of nitrogen functional groups attached to an aromatic ring is 1. The van der Waals surface area contributed by atoms with Crippen molar-refractivity contribution in [1.82, 2.24) is 0 Å². The molecule has 116 valence electrons. The molecular weight excluding hydrogens is 258 g/mol. The van der Waals surface area contributed by atoms with Gasteiger partial charge in [0.25, 0.3) is 0 Å². The third kappa shape index (κ3) is 2.48. The predicted molar refractivity (Wildman–Crippen MR) is 88.1 cm³/mol. The predicted octanol–water partition coefficient (Wildman–Crippen LogP) is 4.43. The lowest BCUT2D eigenvalue weighted by Crippen LogP contribution is -2.37. The molecule has 2 bridgehead atoms. The normalized spacial score (nSPS) is 33.5. The molecule has 2 saturated carbocycles. The van der Waals surface area contributed by atoms with E-state index < -0.39 is 0 Å². The summed E-state index contributed by atoms with van der Waals surface area (Å²) in [5.41, 5.74) is 8.75. The summed E-state index contributed by atoms with van der Waals surface area (Å²) in [6.07, 6.45) is 6.66. The molecule has 1 aromatic rings. The van der Waals surface area contributed by atoms with Gasteiger partial charge in [-0.3, -0.25) is 0 Å². The summed E-state index contributed by atoms with van der Waals surface area (Å²) in [4.78, 5) is 0. The lowest BCUT2D eigenvalue weighted by Gasteiger charge is -2.39. The van der Waals surface area contributed by atoms with Crippen LogP contribution in [0.25, 0.3) is 0 Å². The summed E-state index contributed by atoms with van der Waals surface area (Å²) in [6, 6.07) is 8.21. The first kappa shape index (κ1) is 14.9. The molecule has 0 radical (unpaired) electrons. The summed E-state index contributed by atoms with van der Waals surface area (Å²) in [7, 11) is 0. The van der Waals surface area contributed by atoms with Crippen LogP contribution in [0.4, 0.5) is 5.69 Å². The second-order valence-corrected chi connectivity index (χ2v) is 7.82. The molecule has 3 unspecified atom stereocenters. The van der Waals surface area contributed by atoms with Gasteiger partial charge in [0.15, 0.2) is 0 Å². The van der Waals surface area contributed by atoms with Crippen LogP contribution in [0.3, 0.4) is 0 Å². The van der Waals surface area contributed by atoms with E-state index in [1.807, 2.05) is 12.1 Å². The zero-order valence-electron chi connectivity index (χ0n) is 13.7. The van der Waals surface area contributed by atoms with Crippen LogP contribution in [0.2, 0.25) is 0 Å². The van der Waals surface area contributed by atoms with Crippen LogP contribution in [0.5, 0.6) is 0 Å². The lowest BCUT2D eigenvalue weighted by molar-refractivity contribution is -0.0470. The zero-order chi connectivity index (χ0) is 15.1. The van der Waals surface area contributed by atoms with E-state index in [4.69, 9.17) is 10.5 Å². The maximum atomic E-state index is 6.30. The van der Waals surface area contributed by atoms with Crippen molar-refractivity contribution in [2.45, 2.75) is 59.0 Å². The monoisotopic (exact) mass is 287 g/mol. The molecule has 2 nitrogen and oxygen atoms in total. The Morgan fingerprint density at radius 3 is 2.48 bits per heavy atom. The summed E-state index contributed by atoms with van der Waals surface area (Å²) in [5.74, 6) is 0.865. The van der Waals surface area contributed by atoms with Crippen LogP contribution in [-0.4, -0.2) is 12.7 Å². The van der Waals surface area contributed by atoms with Crippen molar-refractivity contribution >= 4 is 5.69 Å². The van der Waals surface area contributed by atoms with Crippen molar-refractivity contribution in [3.8, 4) is 0 Å². The maximum absolute atomic E-state index is 6.30. The fourth-order valence-corrected chi connectivity index (χ4v) is 4.57. The van der Waals surface area contributed by atoms with E-state index in [0.29, 0.717) is 16.9 Å². The summed E-state index contributed by atoms with van der Waals surface area (Å²) in [6.45, 7) is 8.23. The summed E-state index contributed by atoms with van der Waals surface area (Å²) < 4.78 is 6.30. The van der Waals surface area contributed by atoms with Crippen LogP contribution in [0.15, 0.2) is 24.3 Å². The van der Waals surface area contributed by atoms with Crippen molar-refractivity contribution in [3.05, 3.63) is 29.8 Å². The second-order valence-electron chi connectivity index (χ2n) is 7.82. The molecule has 1 aromatic carbocycles. The van der Waals surface area contributed by atoms with E-state index in [9.17, 15) is 0 Å². The molecule has 0 amide bonds. The average molecular weight is 287 g/mol. The molecule has 2 fully saturated rings. The molecule has 0 aromatic heterocycles. The van der Waals surface area contributed by atoms with Gasteiger partial charge < -0.3 is 10.5 Å². The molecule has 0 aliphatic heterocycles. The van der Waals surface area contributed by atoms with Crippen molar-refractivity contribution in [2.75, 3.05) is 12.3 Å². The number of anilines is 1. The number of rotatable bonds is 5. The number of nitrogens with two attached hydrogens (primary N) is 1. The minimum atomic E-state index is 0.388. The fourth-order valence-electron chi connectivity index (χ4n) is 4.57. The van der Waals surface area contributed by atoms with Crippen molar-refractivity contribution < 1.29 is 4.74 Å². The van der Waals surface area contributed by atoms with Crippen molar-refractivity contribution in [3.63, 3.8) is 0 Å². The van der Waals surface area contributed by atoms with Crippen LogP contribution in [0.1, 0.15) is 52.0 Å². The van der Waals surface area contributed by atoms with Gasteiger partial charge in [0.05, 0.1) is 6.10 Å². The van der Waals surface area contributed by atoms with E-state index >= 15 is 0 Å². The molecule has 3 rings (SSSR count). The first-order valence-electron chi connectivity index (χ1n) is 8.39. The van der Waals surface area contributed by atoms with Crippen LogP contribution >= 0.6 is 0 Å². The van der Waals surface area contributed by atoms with Crippen LogP contribution in [-0.2, 0) is 11.2 Å². The first-order chi connectivity index (χ1) is 9.93. The molecular formula is C19H29NO. The van der Waals surface area contributed by atoms with Gasteiger partial charge >= 0.3 is 0 Å². The van der Waals surface area contributed by atoms with Gasteiger partial charge in [-0.2, -0.15) is 0 Å². The molecule has 0 saturated heterocycles. The van der Waals surface area contributed by atoms with Gasteiger partial charge in [0, 0.05) is 12.3 Å². The Balaban J connectivity index is 1.48. The topological polar surface area (TPSA) is 35.2 Å². The lowest BCUT2D eigenvalue weighted by atomic mass is 9.70. The first-order valence-corrected chi connectivity index (χ1v) is 8.39. The molecule has 0 spiro atoms. The van der Waals surface area contributed by atoms with Crippen molar-refractivity contribution in [1.29, 1.82) is 0 Å². The summed E-state index contributed by atoms with van der Waals surface area (Å²) in [5, 5.41) is 0. The maximum Gasteiger partial charge on any atom is 0.0636 e. The Kier molecular flexibility index (Phi) is 3.77. The third-order valence-electron chi connectivity index (χ3n) is 6.62. The zero-order valence-corrected chi connectivity index (χ0v) is 13.7. The van der Waals surface area contributed by atoms with Crippen molar-refractivity contribution in [2.24, 2.45) is 16.7 Å². The molecule has 21 heavy (non-hydrogen) atoms. The molecule has 2 aliphatic rings. The van der Waals surface area contributed by atoms with E-state index in [-0.39, 0.29) is 0 Å². The quantitative estimate of drug-likeness (QED) is 0.642. The van der Waals surface area contributed by atoms with E-state index in [1.54, 1.807) is 0 Å². The van der Waals surface area contributed by atoms with E-state index in [2.05, 4.69) is 32.9 Å². The number of hydrogen-bond acceptors (Lipinski definition) is 2. The fraction of sp³-hybridized carbons (Fsp3) is 0.684. The molecule has 0 heterocycles. The number of aryl methyl sites for hydroxylation is 1. The summed E-state index contributed by atoms with van der Waals surface area (Å²) >= 11 is 0. The third-order valence-corrected chi connectivity index (χ3v) is 6.62. The van der Waals surface area contributed by atoms with Gasteiger partial charge in [0.2, 0.25) is 0 Å². The van der Waals surface area contributed by atoms with Gasteiger partial charge in [-0.1, -0.05) is 32.9 Å². The van der Waals surface area contributed by atoms with Gasteiger partial charge in [-0.25, -0.2) is 0 Å². The van der Waals surface area contributed by atoms with Crippen LogP contribution in [0, 0.1) is 16.7 Å². The van der Waals surface area contributed by atoms with E-state index in [1.165, 1.54) is 24.8 Å². The van der Waals surface area contributed by atoms with Gasteiger partial charge in [-0.15, -0.1) is 0 Å². The minimum absolute atomic E-state index is 0.388. The molecule has 3 atom stereocenters.